The van der Waals surface area contributed by atoms with Crippen LogP contribution in [-0.2, 0) is 6.54 Å². The highest BCUT2D eigenvalue weighted by Gasteiger charge is 2.05. The second kappa shape index (κ2) is 7.33. The van der Waals surface area contributed by atoms with Crippen molar-refractivity contribution in [2.24, 2.45) is 0 Å². The molecule has 0 N–H and O–H groups in total. The summed E-state index contributed by atoms with van der Waals surface area (Å²) < 4.78 is 12.9. The van der Waals surface area contributed by atoms with Crippen LogP contribution in [0.3, 0.4) is 0 Å². The second-order valence-corrected chi connectivity index (χ2v) is 4.38. The van der Waals surface area contributed by atoms with Gasteiger partial charge in [0.15, 0.2) is 11.5 Å². The predicted octanol–water partition coefficient (Wildman–Crippen LogP) is 2.56. The maximum absolute atomic E-state index is 10.7. The number of aromatic nitrogens is 2. The molecule has 0 saturated carbocycles. The largest absolute Gasteiger partial charge is 0.493 e. The van der Waals surface area contributed by atoms with E-state index < -0.39 is 0 Å². The summed E-state index contributed by atoms with van der Waals surface area (Å²) in [6.45, 7) is 1.55. The molecule has 20 heavy (non-hydrogen) atoms. The van der Waals surface area contributed by atoms with E-state index in [4.69, 9.17) is 9.47 Å². The first-order valence-corrected chi connectivity index (χ1v) is 6.55. The lowest BCUT2D eigenvalue weighted by molar-refractivity contribution is 0.112. The average molecular weight is 274 g/mol. The van der Waals surface area contributed by atoms with Crippen LogP contribution in [0.2, 0.25) is 0 Å². The Morgan fingerprint density at radius 1 is 1.30 bits per heavy atom. The Labute approximate surface area is 118 Å². The van der Waals surface area contributed by atoms with Crippen LogP contribution in [0.1, 0.15) is 23.2 Å². The summed E-state index contributed by atoms with van der Waals surface area (Å²) in [6.07, 6.45) is 8.28. The molecule has 2 rings (SSSR count). The third kappa shape index (κ3) is 3.85. The Hall–Kier alpha value is -2.30. The number of carbonyl (C=O) groups is 1. The van der Waals surface area contributed by atoms with Crippen molar-refractivity contribution in [3.05, 3.63) is 42.5 Å². The molecule has 0 aliphatic rings. The molecule has 0 unspecified atom stereocenters. The number of rotatable bonds is 8. The van der Waals surface area contributed by atoms with Crippen LogP contribution in [0.5, 0.6) is 11.5 Å². The number of hydrogen-bond donors (Lipinski definition) is 0. The Kier molecular flexibility index (Phi) is 5.17. The van der Waals surface area contributed by atoms with E-state index in [0.29, 0.717) is 23.7 Å². The van der Waals surface area contributed by atoms with Gasteiger partial charge in [-0.2, -0.15) is 0 Å². The molecule has 1 aromatic carbocycles. The molecule has 1 aromatic heterocycles. The normalized spacial score (nSPS) is 10.2. The Bertz CT molecular complexity index is 538. The molecular weight excluding hydrogens is 256 g/mol. The van der Waals surface area contributed by atoms with E-state index >= 15 is 0 Å². The Balaban J connectivity index is 1.77. The van der Waals surface area contributed by atoms with Crippen LogP contribution in [0.4, 0.5) is 0 Å². The van der Waals surface area contributed by atoms with Gasteiger partial charge in [-0.3, -0.25) is 4.79 Å². The monoisotopic (exact) mass is 274 g/mol. The third-order valence-corrected chi connectivity index (χ3v) is 2.95. The summed E-state index contributed by atoms with van der Waals surface area (Å²) in [5.41, 5.74) is 0.578. The van der Waals surface area contributed by atoms with Crippen LogP contribution in [0.15, 0.2) is 36.9 Å². The van der Waals surface area contributed by atoms with Crippen molar-refractivity contribution in [1.82, 2.24) is 9.55 Å². The molecule has 0 amide bonds. The predicted molar refractivity (Wildman–Crippen MR) is 75.3 cm³/mol. The minimum absolute atomic E-state index is 0.578. The fourth-order valence-corrected chi connectivity index (χ4v) is 1.87. The zero-order chi connectivity index (χ0) is 14.2. The molecule has 5 heteroatoms. The van der Waals surface area contributed by atoms with E-state index in [1.165, 1.54) is 0 Å². The topological polar surface area (TPSA) is 53.4 Å². The van der Waals surface area contributed by atoms with Crippen LogP contribution in [0.25, 0.3) is 0 Å². The molecule has 0 aliphatic carbocycles. The van der Waals surface area contributed by atoms with Crippen LogP contribution >= 0.6 is 0 Å². The molecular formula is C15H18N2O3. The van der Waals surface area contributed by atoms with Crippen LogP contribution in [-0.4, -0.2) is 29.6 Å². The maximum atomic E-state index is 10.7. The zero-order valence-electron chi connectivity index (χ0n) is 11.5. The van der Waals surface area contributed by atoms with Gasteiger partial charge in [0.2, 0.25) is 0 Å². The second-order valence-electron chi connectivity index (χ2n) is 4.38. The number of methoxy groups -OCH3 is 1. The van der Waals surface area contributed by atoms with Gasteiger partial charge < -0.3 is 14.0 Å². The molecule has 0 atom stereocenters. The molecule has 0 fully saturated rings. The highest BCUT2D eigenvalue weighted by Crippen LogP contribution is 2.27. The minimum Gasteiger partial charge on any atom is -0.493 e. The average Bonchev–Trinajstić information content (AvgIpc) is 3.00. The van der Waals surface area contributed by atoms with Gasteiger partial charge in [-0.1, -0.05) is 0 Å². The molecule has 0 radical (unpaired) electrons. The Morgan fingerprint density at radius 3 is 2.90 bits per heavy atom. The fourth-order valence-electron chi connectivity index (χ4n) is 1.87. The van der Waals surface area contributed by atoms with E-state index in [2.05, 4.69) is 4.98 Å². The molecule has 106 valence electrons. The molecule has 2 aromatic rings. The lowest BCUT2D eigenvalue weighted by Gasteiger charge is -2.11. The summed E-state index contributed by atoms with van der Waals surface area (Å²) in [7, 11) is 1.57. The number of benzene rings is 1. The number of aldehydes is 1. The third-order valence-electron chi connectivity index (χ3n) is 2.95. The summed E-state index contributed by atoms with van der Waals surface area (Å²) in [5.74, 6) is 1.25. The molecule has 0 spiro atoms. The lowest BCUT2D eigenvalue weighted by atomic mass is 10.2. The number of aryl methyl sites for hydroxylation is 1. The van der Waals surface area contributed by atoms with Gasteiger partial charge in [0.1, 0.15) is 6.29 Å². The fraction of sp³-hybridized carbons (Fsp3) is 0.333. The molecule has 0 saturated heterocycles. The van der Waals surface area contributed by atoms with Crippen molar-refractivity contribution >= 4 is 6.29 Å². The first-order valence-electron chi connectivity index (χ1n) is 6.55. The Morgan fingerprint density at radius 2 is 2.20 bits per heavy atom. The minimum atomic E-state index is 0.578. The quantitative estimate of drug-likeness (QED) is 0.548. The standard InChI is InChI=1S/C15H18N2O3/c1-19-15-10-13(11-18)4-5-14(15)20-9-3-2-7-17-8-6-16-12-17/h4-6,8,10-12H,2-3,7,9H2,1H3. The van der Waals surface area contributed by atoms with E-state index in [1.807, 2.05) is 17.1 Å². The highest BCUT2D eigenvalue weighted by atomic mass is 16.5. The summed E-state index contributed by atoms with van der Waals surface area (Å²) in [4.78, 5) is 14.7. The van der Waals surface area contributed by atoms with E-state index in [-0.39, 0.29) is 0 Å². The van der Waals surface area contributed by atoms with Gasteiger partial charge in [-0.05, 0) is 31.0 Å². The van der Waals surface area contributed by atoms with Crippen molar-refractivity contribution in [2.75, 3.05) is 13.7 Å². The number of ether oxygens (including phenoxy) is 2. The summed E-state index contributed by atoms with van der Waals surface area (Å²) >= 11 is 0. The zero-order valence-corrected chi connectivity index (χ0v) is 11.5. The maximum Gasteiger partial charge on any atom is 0.161 e. The molecule has 0 aliphatic heterocycles. The van der Waals surface area contributed by atoms with Crippen molar-refractivity contribution in [2.45, 2.75) is 19.4 Å². The number of hydrogen-bond acceptors (Lipinski definition) is 4. The summed E-state index contributed by atoms with van der Waals surface area (Å²) in [6, 6.07) is 5.16. The van der Waals surface area contributed by atoms with Crippen molar-refractivity contribution in [3.63, 3.8) is 0 Å². The number of nitrogens with zero attached hydrogens (tertiary/aromatic N) is 2. The SMILES string of the molecule is COc1cc(C=O)ccc1OCCCCn1ccnc1. The first-order chi connectivity index (χ1) is 9.83. The van der Waals surface area contributed by atoms with E-state index in [1.54, 1.807) is 31.5 Å². The van der Waals surface area contributed by atoms with Crippen LogP contribution < -0.4 is 9.47 Å². The number of carbonyl (C=O) groups excluding carboxylic acids is 1. The number of imidazole rings is 1. The van der Waals surface area contributed by atoms with Crippen molar-refractivity contribution in [1.29, 1.82) is 0 Å². The lowest BCUT2D eigenvalue weighted by Crippen LogP contribution is -2.02. The molecule has 1 heterocycles. The number of unbranched alkanes of at least 4 members (excludes halogenated alkanes) is 1. The van der Waals surface area contributed by atoms with Gasteiger partial charge in [0.05, 0.1) is 20.0 Å². The van der Waals surface area contributed by atoms with Gasteiger partial charge in [-0.25, -0.2) is 4.98 Å². The van der Waals surface area contributed by atoms with Crippen molar-refractivity contribution in [3.8, 4) is 11.5 Å². The molecule has 0 bridgehead atoms. The van der Waals surface area contributed by atoms with E-state index in [9.17, 15) is 4.79 Å². The van der Waals surface area contributed by atoms with E-state index in [0.717, 1.165) is 25.7 Å². The van der Waals surface area contributed by atoms with Crippen LogP contribution in [0, 0.1) is 0 Å². The van der Waals surface area contributed by atoms with Gasteiger partial charge in [-0.15, -0.1) is 0 Å². The van der Waals surface area contributed by atoms with Crippen molar-refractivity contribution < 1.29 is 14.3 Å². The van der Waals surface area contributed by atoms with Gasteiger partial charge in [0.25, 0.3) is 0 Å². The highest BCUT2D eigenvalue weighted by molar-refractivity contribution is 5.76. The van der Waals surface area contributed by atoms with Gasteiger partial charge >= 0.3 is 0 Å². The smallest absolute Gasteiger partial charge is 0.161 e. The molecule has 5 nitrogen and oxygen atoms in total. The summed E-state index contributed by atoms with van der Waals surface area (Å²) in [5, 5.41) is 0. The van der Waals surface area contributed by atoms with Gasteiger partial charge in [0, 0.05) is 24.5 Å². The first kappa shape index (κ1) is 14.1.